The van der Waals surface area contributed by atoms with Crippen LogP contribution in [0.25, 0.3) is 11.2 Å². The Morgan fingerprint density at radius 2 is 1.63 bits per heavy atom. The third-order valence-electron chi connectivity index (χ3n) is 9.07. The molecule has 1 aliphatic rings. The van der Waals surface area contributed by atoms with E-state index in [1.54, 1.807) is 25.4 Å². The van der Waals surface area contributed by atoms with Gasteiger partial charge in [-0.15, -0.1) is 0 Å². The Morgan fingerprint density at radius 3 is 2.22 bits per heavy atom. The minimum atomic E-state index is -2.06. The lowest BCUT2D eigenvalue weighted by Crippen LogP contribution is -2.48. The number of hydrogen-bond acceptors (Lipinski definition) is 8. The van der Waals surface area contributed by atoms with Crippen molar-refractivity contribution in [3.63, 3.8) is 0 Å². The molecule has 0 spiro atoms. The molecule has 1 aliphatic heterocycles. The smallest absolute Gasteiger partial charge is 0.192 e. The number of carbonyl (C=O) groups excluding carboxylic acids is 1. The van der Waals surface area contributed by atoms with Crippen LogP contribution in [0.1, 0.15) is 71.5 Å². The van der Waals surface area contributed by atoms with E-state index in [-0.39, 0.29) is 34.3 Å². The summed E-state index contributed by atoms with van der Waals surface area (Å²) < 4.78 is 22.3. The van der Waals surface area contributed by atoms with Crippen LogP contribution in [-0.4, -0.2) is 60.8 Å². The van der Waals surface area contributed by atoms with Gasteiger partial charge in [0.25, 0.3) is 0 Å². The Kier molecular flexibility index (Phi) is 8.70. The van der Waals surface area contributed by atoms with Crippen molar-refractivity contribution in [3.8, 4) is 0 Å². The zero-order valence-electron chi connectivity index (χ0n) is 26.5. The molecule has 0 saturated carbocycles. The fourth-order valence-corrected chi connectivity index (χ4v) is 6.66. The quantitative estimate of drug-likeness (QED) is 0.200. The Morgan fingerprint density at radius 1 is 1.00 bits per heavy atom. The number of aromatic nitrogens is 4. The van der Waals surface area contributed by atoms with E-state index >= 15 is 0 Å². The monoisotopic (exact) mass is 597 g/mol. The molecule has 41 heavy (non-hydrogen) atoms. The van der Waals surface area contributed by atoms with Gasteiger partial charge in [0, 0.05) is 17.7 Å². The van der Waals surface area contributed by atoms with Crippen LogP contribution >= 0.6 is 0 Å². The van der Waals surface area contributed by atoms with Crippen molar-refractivity contribution in [1.29, 1.82) is 0 Å². The second-order valence-corrected chi connectivity index (χ2v) is 23.7. The van der Waals surface area contributed by atoms with Crippen LogP contribution in [0.5, 0.6) is 0 Å². The van der Waals surface area contributed by atoms with Crippen LogP contribution in [0, 0.1) is 0 Å². The summed E-state index contributed by atoms with van der Waals surface area (Å²) in [7, 11) is -4.04. The minimum absolute atomic E-state index is 0.0279. The maximum atomic E-state index is 11.6. The highest BCUT2D eigenvalue weighted by atomic mass is 28.4. The summed E-state index contributed by atoms with van der Waals surface area (Å²) in [6, 6.07) is 7.31. The van der Waals surface area contributed by atoms with Gasteiger partial charge in [0.15, 0.2) is 39.4 Å². The number of anilines is 2. The molecule has 3 heterocycles. The molecular weight excluding hydrogens is 551 g/mol. The summed E-state index contributed by atoms with van der Waals surface area (Å²) in [4.78, 5) is 25.3. The second kappa shape index (κ2) is 11.3. The topological polar surface area (TPSA) is 100 Å². The number of ether oxygens (including phenoxy) is 1. The number of ketones is 1. The Hall–Kier alpha value is -2.45. The van der Waals surface area contributed by atoms with Gasteiger partial charge < -0.3 is 18.9 Å². The number of benzene rings is 1. The molecule has 0 unspecified atom stereocenters. The number of nitrogens with one attached hydrogen (secondary N) is 1. The lowest BCUT2D eigenvalue weighted by atomic mass is 10.1. The summed E-state index contributed by atoms with van der Waals surface area (Å²) in [6.07, 6.45) is 3.41. The van der Waals surface area contributed by atoms with E-state index in [2.05, 4.69) is 88.0 Å². The van der Waals surface area contributed by atoms with Crippen molar-refractivity contribution in [2.75, 3.05) is 11.9 Å². The van der Waals surface area contributed by atoms with E-state index in [0.717, 1.165) is 5.69 Å². The highest BCUT2D eigenvalue weighted by Crippen LogP contribution is 2.43. The summed E-state index contributed by atoms with van der Waals surface area (Å²) in [6.45, 7) is 24.7. The number of carbonyl (C=O) groups is 1. The SMILES string of the molecule is CC(=O)c1ccc(Nc2ncnc3c2ncn3[C@H]2C[C@H](O[Si](C)(C)C(C)(C)C)[C@@H](CO[Si](C)(C)C(C)(C)C)O2)cc1. The predicted molar refractivity (Wildman–Crippen MR) is 169 cm³/mol. The molecule has 3 atom stereocenters. The fourth-order valence-electron chi connectivity index (χ4n) is 4.29. The van der Waals surface area contributed by atoms with Gasteiger partial charge >= 0.3 is 0 Å². The summed E-state index contributed by atoms with van der Waals surface area (Å²) in [5.41, 5.74) is 2.81. The maximum Gasteiger partial charge on any atom is 0.192 e. The minimum Gasteiger partial charge on any atom is -0.414 e. The Bertz CT molecular complexity index is 1380. The van der Waals surface area contributed by atoms with Gasteiger partial charge in [0.2, 0.25) is 0 Å². The van der Waals surface area contributed by atoms with Crippen LogP contribution in [0.2, 0.25) is 36.3 Å². The third kappa shape index (κ3) is 6.80. The van der Waals surface area contributed by atoms with Gasteiger partial charge in [0.1, 0.15) is 18.7 Å². The first-order valence-corrected chi connectivity index (χ1v) is 20.2. The number of nitrogens with zero attached hydrogens (tertiary/aromatic N) is 4. The predicted octanol–water partition coefficient (Wildman–Crippen LogP) is 7.47. The van der Waals surface area contributed by atoms with Crippen LogP contribution in [0.4, 0.5) is 11.5 Å². The average Bonchev–Trinajstić information content (AvgIpc) is 3.46. The Labute approximate surface area is 246 Å². The molecule has 0 amide bonds. The highest BCUT2D eigenvalue weighted by Gasteiger charge is 2.46. The van der Waals surface area contributed by atoms with Crippen molar-refractivity contribution in [2.24, 2.45) is 0 Å². The van der Waals surface area contributed by atoms with Crippen molar-refractivity contribution in [2.45, 2.75) is 110 Å². The normalized spacial score (nSPS) is 20.5. The summed E-state index contributed by atoms with van der Waals surface area (Å²) >= 11 is 0. The zero-order valence-corrected chi connectivity index (χ0v) is 28.5. The lowest BCUT2D eigenvalue weighted by molar-refractivity contribution is -0.0383. The average molecular weight is 598 g/mol. The largest absolute Gasteiger partial charge is 0.414 e. The van der Waals surface area contributed by atoms with Crippen LogP contribution in [-0.2, 0) is 13.6 Å². The standard InChI is InChI=1S/C30H47N5O4Si2/c1-20(36)21-12-14-22(15-13-21)34-27-26-28(32-18-31-27)35(19-33-26)25-16-23(39-41(10,11)30(5,6)7)24(38-25)17-37-40(8,9)29(2,3)4/h12-15,18-19,23-25H,16-17H2,1-11H3,(H,31,32,34)/t23-,24+,25+/m0/s1. The van der Waals surface area contributed by atoms with Crippen molar-refractivity contribution < 1.29 is 18.4 Å². The first-order chi connectivity index (χ1) is 18.9. The van der Waals surface area contributed by atoms with Crippen molar-refractivity contribution in [1.82, 2.24) is 19.5 Å². The third-order valence-corrected chi connectivity index (χ3v) is 18.1. The number of fused-ring (bicyclic) bond motifs is 1. The number of rotatable bonds is 9. The van der Waals surface area contributed by atoms with Crippen LogP contribution < -0.4 is 5.32 Å². The second-order valence-electron chi connectivity index (χ2n) is 14.2. The molecule has 11 heteroatoms. The van der Waals surface area contributed by atoms with Crippen molar-refractivity contribution in [3.05, 3.63) is 42.5 Å². The van der Waals surface area contributed by atoms with E-state index in [0.29, 0.717) is 35.6 Å². The zero-order chi connectivity index (χ0) is 30.4. The van der Waals surface area contributed by atoms with Crippen LogP contribution in [0.15, 0.2) is 36.9 Å². The number of Topliss-reactive ketones (excluding diaryl/α,β-unsaturated/α-hetero) is 1. The van der Waals surface area contributed by atoms with Crippen LogP contribution in [0.3, 0.4) is 0 Å². The molecule has 4 rings (SSSR count). The van der Waals surface area contributed by atoms with E-state index in [4.69, 9.17) is 13.6 Å². The van der Waals surface area contributed by atoms with Gasteiger partial charge in [-0.3, -0.25) is 9.36 Å². The molecule has 0 bridgehead atoms. The highest BCUT2D eigenvalue weighted by molar-refractivity contribution is 6.74. The van der Waals surface area contributed by atoms with E-state index in [9.17, 15) is 4.79 Å². The van der Waals surface area contributed by atoms with Gasteiger partial charge in [-0.2, -0.15) is 0 Å². The lowest BCUT2D eigenvalue weighted by Gasteiger charge is -2.40. The Balaban J connectivity index is 1.60. The number of imidazole rings is 1. The van der Waals surface area contributed by atoms with E-state index < -0.39 is 16.6 Å². The first-order valence-electron chi connectivity index (χ1n) is 14.4. The van der Waals surface area contributed by atoms with Gasteiger partial charge in [-0.25, -0.2) is 15.0 Å². The molecule has 1 fully saturated rings. The molecule has 0 radical (unpaired) electrons. The molecule has 9 nitrogen and oxygen atoms in total. The molecule has 3 aromatic rings. The molecule has 224 valence electrons. The van der Waals surface area contributed by atoms with Gasteiger partial charge in [-0.1, -0.05) is 41.5 Å². The molecular formula is C30H47N5O4Si2. The van der Waals surface area contributed by atoms with E-state index in [1.165, 1.54) is 6.33 Å². The summed E-state index contributed by atoms with van der Waals surface area (Å²) in [5.74, 6) is 0.620. The molecule has 2 aromatic heterocycles. The van der Waals surface area contributed by atoms with Gasteiger partial charge in [-0.05, 0) is 67.5 Å². The molecule has 1 N–H and O–H groups in total. The molecule has 0 aliphatic carbocycles. The van der Waals surface area contributed by atoms with Gasteiger partial charge in [0.05, 0.1) is 19.0 Å². The summed E-state index contributed by atoms with van der Waals surface area (Å²) in [5, 5.41) is 3.50. The van der Waals surface area contributed by atoms with E-state index in [1.807, 2.05) is 16.7 Å². The van der Waals surface area contributed by atoms with Crippen molar-refractivity contribution >= 4 is 45.1 Å². The number of hydrogen-bond donors (Lipinski definition) is 1. The molecule has 1 aromatic carbocycles. The first kappa shape index (κ1) is 31.5. The fraction of sp³-hybridized carbons (Fsp3) is 0.600. The maximum absolute atomic E-state index is 11.6. The molecule has 1 saturated heterocycles.